The second-order valence-electron chi connectivity index (χ2n) is 6.15. The summed E-state index contributed by atoms with van der Waals surface area (Å²) >= 11 is 3.45. The third-order valence-electron chi connectivity index (χ3n) is 4.49. The molecule has 1 aliphatic rings. The molecule has 0 atom stereocenters. The van der Waals surface area contributed by atoms with E-state index < -0.39 is 0 Å². The summed E-state index contributed by atoms with van der Waals surface area (Å²) < 4.78 is 6.82. The van der Waals surface area contributed by atoms with Crippen molar-refractivity contribution in [1.82, 2.24) is 4.90 Å². The number of hydrogen-bond donors (Lipinski definition) is 0. The molecule has 0 N–H and O–H groups in total. The van der Waals surface area contributed by atoms with Crippen LogP contribution < -0.4 is 4.74 Å². The highest BCUT2D eigenvalue weighted by molar-refractivity contribution is 9.10. The van der Waals surface area contributed by atoms with Crippen LogP contribution in [0.25, 0.3) is 0 Å². The maximum absolute atomic E-state index is 12.5. The molecule has 0 spiro atoms. The van der Waals surface area contributed by atoms with Crippen LogP contribution in [-0.4, -0.2) is 36.9 Å². The zero-order valence-corrected chi connectivity index (χ0v) is 15.2. The highest BCUT2D eigenvalue weighted by Gasteiger charge is 2.25. The molecule has 2 aromatic rings. The fraction of sp³-hybridized carbons (Fsp3) is 0.350. The van der Waals surface area contributed by atoms with Gasteiger partial charge in [0.15, 0.2) is 5.78 Å². The van der Waals surface area contributed by atoms with E-state index in [0.29, 0.717) is 12.4 Å². The molecule has 0 aromatic heterocycles. The lowest BCUT2D eigenvalue weighted by molar-refractivity contribution is 0.0827. The average molecular weight is 388 g/mol. The summed E-state index contributed by atoms with van der Waals surface area (Å²) in [6.07, 6.45) is 1.87. The molecule has 1 heterocycles. The molecule has 0 unspecified atom stereocenters. The quantitative estimate of drug-likeness (QED) is 0.686. The molecule has 0 aliphatic carbocycles. The van der Waals surface area contributed by atoms with Gasteiger partial charge in [-0.05, 0) is 44.1 Å². The molecule has 3 rings (SSSR count). The first-order valence-electron chi connectivity index (χ1n) is 8.42. The van der Waals surface area contributed by atoms with Crippen molar-refractivity contribution < 1.29 is 9.53 Å². The van der Waals surface area contributed by atoms with E-state index in [1.54, 1.807) is 0 Å². The van der Waals surface area contributed by atoms with Gasteiger partial charge in [0.25, 0.3) is 0 Å². The van der Waals surface area contributed by atoms with Gasteiger partial charge in [-0.25, -0.2) is 0 Å². The van der Waals surface area contributed by atoms with Crippen LogP contribution in [0.15, 0.2) is 59.1 Å². The standard InChI is InChI=1S/C20H22BrNO2/c21-18-7-4-8-19(15-18)24-14-13-22-11-9-17(10-12-22)20(23)16-5-2-1-3-6-16/h1-8,15,17H,9-14H2. The normalized spacial score (nSPS) is 16.0. The van der Waals surface area contributed by atoms with Crippen molar-refractivity contribution in [2.75, 3.05) is 26.2 Å². The fourth-order valence-electron chi connectivity index (χ4n) is 3.11. The Bertz CT molecular complexity index is 666. The first-order chi connectivity index (χ1) is 11.7. The summed E-state index contributed by atoms with van der Waals surface area (Å²) in [5.41, 5.74) is 0.842. The van der Waals surface area contributed by atoms with Crippen LogP contribution in [0.4, 0.5) is 0 Å². The molecule has 3 nitrogen and oxygen atoms in total. The Kier molecular flexibility index (Phi) is 6.05. The van der Waals surface area contributed by atoms with E-state index in [9.17, 15) is 4.79 Å². The maximum atomic E-state index is 12.5. The average Bonchev–Trinajstić information content (AvgIpc) is 2.63. The number of ether oxygens (including phenoxy) is 1. The number of likely N-dealkylation sites (tertiary alicyclic amines) is 1. The Labute approximate surface area is 151 Å². The molecule has 0 saturated carbocycles. The van der Waals surface area contributed by atoms with Crippen LogP contribution in [-0.2, 0) is 0 Å². The summed E-state index contributed by atoms with van der Waals surface area (Å²) in [4.78, 5) is 14.9. The van der Waals surface area contributed by atoms with Gasteiger partial charge in [0.05, 0.1) is 0 Å². The van der Waals surface area contributed by atoms with Gasteiger partial charge >= 0.3 is 0 Å². The number of rotatable bonds is 6. The smallest absolute Gasteiger partial charge is 0.166 e. The number of Topliss-reactive ketones (excluding diaryl/α,β-unsaturated/α-hetero) is 1. The Morgan fingerprint density at radius 2 is 1.83 bits per heavy atom. The van der Waals surface area contributed by atoms with Gasteiger partial charge in [-0.3, -0.25) is 9.69 Å². The number of piperidine rings is 1. The summed E-state index contributed by atoms with van der Waals surface area (Å²) in [6.45, 7) is 3.50. The molecule has 2 aromatic carbocycles. The Hall–Kier alpha value is -1.65. The number of nitrogens with zero attached hydrogens (tertiary/aromatic N) is 1. The lowest BCUT2D eigenvalue weighted by Gasteiger charge is -2.31. The number of benzene rings is 2. The Balaban J connectivity index is 1.41. The minimum absolute atomic E-state index is 0.162. The predicted molar refractivity (Wildman–Crippen MR) is 99.6 cm³/mol. The monoisotopic (exact) mass is 387 g/mol. The van der Waals surface area contributed by atoms with E-state index in [-0.39, 0.29) is 5.92 Å². The van der Waals surface area contributed by atoms with Gasteiger partial charge in [-0.2, -0.15) is 0 Å². The molecule has 1 fully saturated rings. The topological polar surface area (TPSA) is 29.5 Å². The van der Waals surface area contributed by atoms with Crippen molar-refractivity contribution in [3.63, 3.8) is 0 Å². The second-order valence-corrected chi connectivity index (χ2v) is 7.07. The molecular weight excluding hydrogens is 366 g/mol. The largest absolute Gasteiger partial charge is 0.492 e. The molecule has 0 bridgehead atoms. The molecule has 0 radical (unpaired) electrons. The van der Waals surface area contributed by atoms with Gasteiger partial charge in [0, 0.05) is 22.5 Å². The van der Waals surface area contributed by atoms with E-state index in [2.05, 4.69) is 20.8 Å². The number of hydrogen-bond acceptors (Lipinski definition) is 3. The van der Waals surface area contributed by atoms with Crippen LogP contribution in [0, 0.1) is 5.92 Å². The van der Waals surface area contributed by atoms with Crippen molar-refractivity contribution >= 4 is 21.7 Å². The number of carbonyl (C=O) groups is 1. The Morgan fingerprint density at radius 3 is 2.54 bits per heavy atom. The highest BCUT2D eigenvalue weighted by Crippen LogP contribution is 2.22. The van der Waals surface area contributed by atoms with E-state index in [4.69, 9.17) is 4.74 Å². The molecule has 1 saturated heterocycles. The maximum Gasteiger partial charge on any atom is 0.166 e. The van der Waals surface area contributed by atoms with Crippen LogP contribution >= 0.6 is 15.9 Å². The van der Waals surface area contributed by atoms with Gasteiger partial charge in [0.1, 0.15) is 12.4 Å². The summed E-state index contributed by atoms with van der Waals surface area (Å²) in [5, 5.41) is 0. The molecule has 24 heavy (non-hydrogen) atoms. The predicted octanol–water partition coefficient (Wildman–Crippen LogP) is 4.42. The van der Waals surface area contributed by atoms with Crippen molar-refractivity contribution in [2.24, 2.45) is 5.92 Å². The van der Waals surface area contributed by atoms with Crippen molar-refractivity contribution in [2.45, 2.75) is 12.8 Å². The SMILES string of the molecule is O=C(c1ccccc1)C1CCN(CCOc2cccc(Br)c2)CC1. The van der Waals surface area contributed by atoms with Crippen LogP contribution in [0.2, 0.25) is 0 Å². The van der Waals surface area contributed by atoms with Crippen LogP contribution in [0.5, 0.6) is 5.75 Å². The van der Waals surface area contributed by atoms with Crippen molar-refractivity contribution in [3.05, 3.63) is 64.6 Å². The number of carbonyl (C=O) groups excluding carboxylic acids is 1. The first-order valence-corrected chi connectivity index (χ1v) is 9.21. The van der Waals surface area contributed by atoms with Crippen molar-refractivity contribution in [3.8, 4) is 5.75 Å². The van der Waals surface area contributed by atoms with Gasteiger partial charge in [0.2, 0.25) is 0 Å². The molecular formula is C20H22BrNO2. The minimum atomic E-state index is 0.162. The van der Waals surface area contributed by atoms with E-state index in [1.807, 2.05) is 54.6 Å². The molecule has 1 aliphatic heterocycles. The van der Waals surface area contributed by atoms with E-state index in [0.717, 1.165) is 48.3 Å². The number of ketones is 1. The molecule has 0 amide bonds. The highest BCUT2D eigenvalue weighted by atomic mass is 79.9. The third-order valence-corrected chi connectivity index (χ3v) is 4.98. The van der Waals surface area contributed by atoms with Crippen molar-refractivity contribution in [1.29, 1.82) is 0 Å². The zero-order chi connectivity index (χ0) is 16.8. The molecule has 126 valence electrons. The van der Waals surface area contributed by atoms with Crippen LogP contribution in [0.3, 0.4) is 0 Å². The minimum Gasteiger partial charge on any atom is -0.492 e. The fourth-order valence-corrected chi connectivity index (χ4v) is 3.48. The molecule has 4 heteroatoms. The lowest BCUT2D eigenvalue weighted by atomic mass is 9.89. The Morgan fingerprint density at radius 1 is 1.08 bits per heavy atom. The van der Waals surface area contributed by atoms with Gasteiger partial charge < -0.3 is 4.74 Å². The lowest BCUT2D eigenvalue weighted by Crippen LogP contribution is -2.38. The number of halogens is 1. The third kappa shape index (κ3) is 4.68. The summed E-state index contributed by atoms with van der Waals surface area (Å²) in [5.74, 6) is 1.34. The zero-order valence-electron chi connectivity index (χ0n) is 13.7. The second kappa shape index (κ2) is 8.45. The summed E-state index contributed by atoms with van der Waals surface area (Å²) in [6, 6.07) is 17.6. The van der Waals surface area contributed by atoms with Gasteiger partial charge in [-0.1, -0.05) is 52.3 Å². The van der Waals surface area contributed by atoms with Gasteiger partial charge in [-0.15, -0.1) is 0 Å². The van der Waals surface area contributed by atoms with Crippen LogP contribution in [0.1, 0.15) is 23.2 Å². The van der Waals surface area contributed by atoms with E-state index in [1.165, 1.54) is 0 Å². The van der Waals surface area contributed by atoms with E-state index >= 15 is 0 Å². The first kappa shape index (κ1) is 17.2. The summed E-state index contributed by atoms with van der Waals surface area (Å²) in [7, 11) is 0.